The van der Waals surface area contributed by atoms with Crippen molar-refractivity contribution in [1.82, 2.24) is 9.97 Å². The molecular weight excluding hydrogens is 232 g/mol. The monoisotopic (exact) mass is 244 g/mol. The zero-order valence-electron chi connectivity index (χ0n) is 9.84. The molecule has 1 aromatic carbocycles. The molecule has 1 aromatic heterocycles. The normalized spacial score (nSPS) is 10.9. The van der Waals surface area contributed by atoms with Crippen LogP contribution < -0.4 is 5.56 Å². The van der Waals surface area contributed by atoms with E-state index in [1.807, 2.05) is 12.1 Å². The molecule has 1 heterocycles. The van der Waals surface area contributed by atoms with E-state index in [0.717, 1.165) is 0 Å². The van der Waals surface area contributed by atoms with Gasteiger partial charge in [-0.05, 0) is 25.1 Å². The summed E-state index contributed by atoms with van der Waals surface area (Å²) in [6.07, 6.45) is 2.54. The molecule has 0 aliphatic rings. The molecule has 2 aromatic rings. The van der Waals surface area contributed by atoms with Crippen molar-refractivity contribution in [2.45, 2.75) is 6.92 Å². The number of para-hydroxylation sites is 2. The van der Waals surface area contributed by atoms with E-state index in [9.17, 15) is 9.59 Å². The van der Waals surface area contributed by atoms with E-state index < -0.39 is 5.97 Å². The van der Waals surface area contributed by atoms with Gasteiger partial charge < -0.3 is 9.72 Å². The molecule has 0 spiro atoms. The van der Waals surface area contributed by atoms with Gasteiger partial charge in [0.1, 0.15) is 5.69 Å². The molecule has 0 bridgehead atoms. The lowest BCUT2D eigenvalue weighted by atomic mass is 10.3. The second kappa shape index (κ2) is 5.27. The fourth-order valence-electron chi connectivity index (χ4n) is 1.49. The Labute approximate surface area is 103 Å². The molecular formula is C13H12N2O3. The van der Waals surface area contributed by atoms with Crippen molar-refractivity contribution in [2.24, 2.45) is 0 Å². The summed E-state index contributed by atoms with van der Waals surface area (Å²) in [5, 5.41) is 0. The van der Waals surface area contributed by atoms with Crippen LogP contribution in [0.3, 0.4) is 0 Å². The maximum absolute atomic E-state index is 11.7. The maximum atomic E-state index is 11.7. The third-order valence-corrected chi connectivity index (χ3v) is 2.29. The van der Waals surface area contributed by atoms with Crippen molar-refractivity contribution >= 4 is 23.1 Å². The Morgan fingerprint density at radius 2 is 2.22 bits per heavy atom. The molecule has 5 heteroatoms. The van der Waals surface area contributed by atoms with Gasteiger partial charge in [0.2, 0.25) is 0 Å². The minimum absolute atomic E-state index is 0.182. The van der Waals surface area contributed by atoms with Gasteiger partial charge in [-0.3, -0.25) is 4.79 Å². The third-order valence-electron chi connectivity index (χ3n) is 2.29. The Balaban J connectivity index is 2.36. The number of hydrogen-bond donors (Lipinski definition) is 1. The van der Waals surface area contributed by atoms with Gasteiger partial charge in [-0.2, -0.15) is 0 Å². The minimum Gasteiger partial charge on any atom is -0.463 e. The number of rotatable bonds is 3. The minimum atomic E-state index is -0.494. The Morgan fingerprint density at radius 3 is 3.00 bits per heavy atom. The number of nitrogens with zero attached hydrogens (tertiary/aromatic N) is 1. The molecule has 18 heavy (non-hydrogen) atoms. The Hall–Kier alpha value is -2.43. The average molecular weight is 244 g/mol. The van der Waals surface area contributed by atoms with Crippen LogP contribution in [0.4, 0.5) is 0 Å². The van der Waals surface area contributed by atoms with Gasteiger partial charge in [-0.1, -0.05) is 12.1 Å². The Morgan fingerprint density at radius 1 is 1.44 bits per heavy atom. The first-order valence-corrected chi connectivity index (χ1v) is 5.54. The summed E-state index contributed by atoms with van der Waals surface area (Å²) < 4.78 is 4.73. The predicted molar refractivity (Wildman–Crippen MR) is 68.0 cm³/mol. The van der Waals surface area contributed by atoms with Crippen LogP contribution in [0, 0.1) is 0 Å². The number of carbonyl (C=O) groups excluding carboxylic acids is 1. The molecule has 1 N–H and O–H groups in total. The highest BCUT2D eigenvalue weighted by atomic mass is 16.5. The first kappa shape index (κ1) is 12.0. The van der Waals surface area contributed by atoms with Gasteiger partial charge >= 0.3 is 5.97 Å². The highest BCUT2D eigenvalue weighted by Gasteiger charge is 2.02. The summed E-state index contributed by atoms with van der Waals surface area (Å²) in [7, 11) is 0. The summed E-state index contributed by atoms with van der Waals surface area (Å²) >= 11 is 0. The van der Waals surface area contributed by atoms with Crippen LogP contribution in [0.25, 0.3) is 17.1 Å². The van der Waals surface area contributed by atoms with Gasteiger partial charge in [-0.25, -0.2) is 9.78 Å². The van der Waals surface area contributed by atoms with Crippen LogP contribution in [0.5, 0.6) is 0 Å². The van der Waals surface area contributed by atoms with Gasteiger partial charge in [-0.15, -0.1) is 0 Å². The number of H-pyrrole nitrogens is 1. The molecule has 5 nitrogen and oxygen atoms in total. The second-order valence-electron chi connectivity index (χ2n) is 3.55. The lowest BCUT2D eigenvalue weighted by Gasteiger charge is -1.98. The number of hydrogen-bond acceptors (Lipinski definition) is 4. The predicted octanol–water partition coefficient (Wildman–Crippen LogP) is 1.50. The number of nitrogens with one attached hydrogen (secondary N) is 1. The van der Waals surface area contributed by atoms with Crippen molar-refractivity contribution < 1.29 is 9.53 Å². The number of esters is 1. The van der Waals surface area contributed by atoms with Crippen LogP contribution in [-0.2, 0) is 9.53 Å². The smallest absolute Gasteiger partial charge is 0.330 e. The van der Waals surface area contributed by atoms with E-state index in [2.05, 4.69) is 9.97 Å². The molecule has 0 saturated carbocycles. The SMILES string of the molecule is CCOC(=O)C=Cc1nc2ccccc2[nH]c1=O. The average Bonchev–Trinajstić information content (AvgIpc) is 2.36. The number of ether oxygens (including phenoxy) is 1. The molecule has 2 rings (SSSR count). The van der Waals surface area contributed by atoms with E-state index in [1.54, 1.807) is 19.1 Å². The van der Waals surface area contributed by atoms with Gasteiger partial charge in [0, 0.05) is 6.08 Å². The summed E-state index contributed by atoms with van der Waals surface area (Å²) in [5.41, 5.74) is 1.17. The lowest BCUT2D eigenvalue weighted by Crippen LogP contribution is -2.12. The summed E-state index contributed by atoms with van der Waals surface area (Å²) in [4.78, 5) is 29.7. The molecule has 0 fully saturated rings. The highest BCUT2D eigenvalue weighted by molar-refractivity contribution is 5.87. The van der Waals surface area contributed by atoms with Crippen molar-refractivity contribution in [3.05, 3.63) is 46.4 Å². The fourth-order valence-corrected chi connectivity index (χ4v) is 1.49. The first-order chi connectivity index (χ1) is 8.70. The van der Waals surface area contributed by atoms with E-state index in [4.69, 9.17) is 4.74 Å². The molecule has 0 aliphatic carbocycles. The van der Waals surface area contributed by atoms with Crippen molar-refractivity contribution in [3.8, 4) is 0 Å². The standard InChI is InChI=1S/C13H12N2O3/c1-2-18-12(16)8-7-11-13(17)15-10-6-4-3-5-9(10)14-11/h3-8H,2H2,1H3,(H,15,17). The largest absolute Gasteiger partial charge is 0.463 e. The Bertz CT molecular complexity index is 659. The third kappa shape index (κ3) is 2.63. The van der Waals surface area contributed by atoms with E-state index >= 15 is 0 Å². The topological polar surface area (TPSA) is 72.0 Å². The van der Waals surface area contributed by atoms with E-state index in [1.165, 1.54) is 12.2 Å². The molecule has 0 aliphatic heterocycles. The first-order valence-electron chi connectivity index (χ1n) is 5.54. The summed E-state index contributed by atoms with van der Waals surface area (Å²) in [6.45, 7) is 2.01. The number of fused-ring (bicyclic) bond motifs is 1. The van der Waals surface area contributed by atoms with Crippen molar-refractivity contribution in [3.63, 3.8) is 0 Å². The van der Waals surface area contributed by atoms with E-state index in [0.29, 0.717) is 17.6 Å². The maximum Gasteiger partial charge on any atom is 0.330 e. The van der Waals surface area contributed by atoms with Crippen LogP contribution in [-0.4, -0.2) is 22.5 Å². The van der Waals surface area contributed by atoms with Crippen LogP contribution in [0.1, 0.15) is 12.6 Å². The molecule has 92 valence electrons. The van der Waals surface area contributed by atoms with Gasteiger partial charge in [0.15, 0.2) is 0 Å². The second-order valence-corrected chi connectivity index (χ2v) is 3.55. The van der Waals surface area contributed by atoms with E-state index in [-0.39, 0.29) is 11.3 Å². The lowest BCUT2D eigenvalue weighted by molar-refractivity contribution is -0.137. The molecule has 0 saturated heterocycles. The molecule has 0 radical (unpaired) electrons. The Kier molecular flexibility index (Phi) is 3.52. The molecule has 0 amide bonds. The van der Waals surface area contributed by atoms with Gasteiger partial charge in [0.05, 0.1) is 17.6 Å². The quantitative estimate of drug-likeness (QED) is 0.656. The number of aromatic nitrogens is 2. The number of carbonyl (C=O) groups is 1. The molecule has 0 atom stereocenters. The van der Waals surface area contributed by atoms with Gasteiger partial charge in [0.25, 0.3) is 5.56 Å². The van der Waals surface area contributed by atoms with Crippen LogP contribution in [0.2, 0.25) is 0 Å². The molecule has 0 unspecified atom stereocenters. The summed E-state index contributed by atoms with van der Waals surface area (Å²) in [5.74, 6) is -0.494. The zero-order chi connectivity index (χ0) is 13.0. The fraction of sp³-hybridized carbons (Fsp3) is 0.154. The number of aromatic amines is 1. The summed E-state index contributed by atoms with van der Waals surface area (Å²) in [6, 6.07) is 7.19. The van der Waals surface area contributed by atoms with Crippen LogP contribution in [0.15, 0.2) is 35.1 Å². The van der Waals surface area contributed by atoms with Crippen molar-refractivity contribution in [2.75, 3.05) is 6.61 Å². The zero-order valence-corrected chi connectivity index (χ0v) is 9.84. The number of benzene rings is 1. The highest BCUT2D eigenvalue weighted by Crippen LogP contribution is 2.06. The van der Waals surface area contributed by atoms with Crippen molar-refractivity contribution in [1.29, 1.82) is 0 Å². The van der Waals surface area contributed by atoms with Crippen LogP contribution >= 0.6 is 0 Å².